The van der Waals surface area contributed by atoms with E-state index in [-0.39, 0.29) is 0 Å². The van der Waals surface area contributed by atoms with Crippen molar-refractivity contribution in [2.24, 2.45) is 5.73 Å². The highest BCUT2D eigenvalue weighted by Gasteiger charge is 2.20. The molecule has 4 nitrogen and oxygen atoms in total. The van der Waals surface area contributed by atoms with Crippen LogP contribution in [-0.4, -0.2) is 29.1 Å². The number of rotatable bonds is 1. The molecule has 1 saturated heterocycles. The molecule has 2 heterocycles. The average Bonchev–Trinajstić information content (AvgIpc) is 2.39. The number of aromatic nitrogens is 2. The first-order chi connectivity index (χ1) is 8.33. The maximum absolute atomic E-state index is 5.96. The standard InChI is InChI=1S/C13H20N4/c14-11-4-5-12-10(8-11)9-15-13(16-12)17-6-2-1-3-7-17/h9,11H,1-8,14H2/t11-/m1/s1. The Morgan fingerprint density at radius 1 is 1.24 bits per heavy atom. The number of aryl methyl sites for hydroxylation is 1. The molecule has 1 aliphatic heterocycles. The first kappa shape index (κ1) is 11.0. The van der Waals surface area contributed by atoms with Gasteiger partial charge in [-0.2, -0.15) is 0 Å². The second-order valence-electron chi connectivity index (χ2n) is 5.19. The third-order valence-corrected chi connectivity index (χ3v) is 3.81. The molecule has 0 unspecified atom stereocenters. The summed E-state index contributed by atoms with van der Waals surface area (Å²) in [4.78, 5) is 11.6. The number of hydrogen-bond donors (Lipinski definition) is 1. The lowest BCUT2D eigenvalue weighted by molar-refractivity contribution is 0.549. The van der Waals surface area contributed by atoms with Crippen LogP contribution in [0.25, 0.3) is 0 Å². The molecule has 0 bridgehead atoms. The third-order valence-electron chi connectivity index (χ3n) is 3.81. The predicted molar refractivity (Wildman–Crippen MR) is 68.1 cm³/mol. The molecule has 0 radical (unpaired) electrons. The van der Waals surface area contributed by atoms with Crippen LogP contribution in [0, 0.1) is 0 Å². The lowest BCUT2D eigenvalue weighted by Crippen LogP contribution is -2.33. The molecule has 1 aromatic rings. The van der Waals surface area contributed by atoms with Gasteiger partial charge in [0, 0.05) is 31.0 Å². The van der Waals surface area contributed by atoms with E-state index >= 15 is 0 Å². The van der Waals surface area contributed by atoms with Crippen molar-refractivity contribution in [1.29, 1.82) is 0 Å². The molecule has 1 aliphatic carbocycles. The van der Waals surface area contributed by atoms with Gasteiger partial charge in [0.1, 0.15) is 0 Å². The maximum atomic E-state index is 5.96. The molecule has 1 fully saturated rings. The zero-order valence-electron chi connectivity index (χ0n) is 10.2. The number of nitrogens with two attached hydrogens (primary N) is 1. The summed E-state index contributed by atoms with van der Waals surface area (Å²) in [6.07, 6.45) is 8.89. The minimum absolute atomic E-state index is 0.298. The summed E-state index contributed by atoms with van der Waals surface area (Å²) < 4.78 is 0. The van der Waals surface area contributed by atoms with E-state index in [0.717, 1.165) is 38.3 Å². The van der Waals surface area contributed by atoms with E-state index in [4.69, 9.17) is 10.7 Å². The van der Waals surface area contributed by atoms with Gasteiger partial charge in [0.25, 0.3) is 0 Å². The van der Waals surface area contributed by atoms with Crippen molar-refractivity contribution >= 4 is 5.95 Å². The summed E-state index contributed by atoms with van der Waals surface area (Å²) in [5.74, 6) is 0.930. The SMILES string of the molecule is N[C@@H]1CCc2nc(N3CCCCC3)ncc2C1. The summed E-state index contributed by atoms with van der Waals surface area (Å²) in [5, 5.41) is 0. The Balaban J connectivity index is 1.82. The highest BCUT2D eigenvalue weighted by atomic mass is 15.2. The number of nitrogens with zero attached hydrogens (tertiary/aromatic N) is 3. The van der Waals surface area contributed by atoms with Gasteiger partial charge in [-0.3, -0.25) is 0 Å². The fourth-order valence-corrected chi connectivity index (χ4v) is 2.77. The summed E-state index contributed by atoms with van der Waals surface area (Å²) in [6, 6.07) is 0.298. The van der Waals surface area contributed by atoms with Crippen molar-refractivity contribution in [3.05, 3.63) is 17.5 Å². The molecule has 92 valence electrons. The minimum Gasteiger partial charge on any atom is -0.341 e. The van der Waals surface area contributed by atoms with Gasteiger partial charge in [-0.05, 0) is 44.1 Å². The first-order valence-electron chi connectivity index (χ1n) is 6.68. The van der Waals surface area contributed by atoms with Crippen LogP contribution >= 0.6 is 0 Å². The van der Waals surface area contributed by atoms with Gasteiger partial charge in [0.15, 0.2) is 0 Å². The molecule has 2 aliphatic rings. The fourth-order valence-electron chi connectivity index (χ4n) is 2.77. The molecule has 0 amide bonds. The van der Waals surface area contributed by atoms with E-state index in [1.807, 2.05) is 6.20 Å². The van der Waals surface area contributed by atoms with Crippen LogP contribution in [0.5, 0.6) is 0 Å². The van der Waals surface area contributed by atoms with E-state index < -0.39 is 0 Å². The Bertz CT molecular complexity index is 398. The van der Waals surface area contributed by atoms with Gasteiger partial charge in [-0.1, -0.05) is 0 Å². The van der Waals surface area contributed by atoms with Crippen molar-refractivity contribution in [1.82, 2.24) is 9.97 Å². The van der Waals surface area contributed by atoms with Gasteiger partial charge in [-0.25, -0.2) is 9.97 Å². The minimum atomic E-state index is 0.298. The fraction of sp³-hybridized carbons (Fsp3) is 0.692. The second-order valence-corrected chi connectivity index (χ2v) is 5.19. The topological polar surface area (TPSA) is 55.0 Å². The number of fused-ring (bicyclic) bond motifs is 1. The molecule has 1 aromatic heterocycles. The summed E-state index contributed by atoms with van der Waals surface area (Å²) in [5.41, 5.74) is 8.44. The summed E-state index contributed by atoms with van der Waals surface area (Å²) in [7, 11) is 0. The smallest absolute Gasteiger partial charge is 0.225 e. The number of hydrogen-bond acceptors (Lipinski definition) is 4. The molecular formula is C13H20N4. The van der Waals surface area contributed by atoms with Crippen molar-refractivity contribution in [3.8, 4) is 0 Å². The van der Waals surface area contributed by atoms with Crippen LogP contribution in [0.1, 0.15) is 36.9 Å². The molecule has 0 saturated carbocycles. The molecule has 17 heavy (non-hydrogen) atoms. The summed E-state index contributed by atoms with van der Waals surface area (Å²) >= 11 is 0. The van der Waals surface area contributed by atoms with Gasteiger partial charge in [0.2, 0.25) is 5.95 Å². The van der Waals surface area contributed by atoms with Crippen molar-refractivity contribution < 1.29 is 0 Å². The van der Waals surface area contributed by atoms with Crippen LogP contribution in [0.3, 0.4) is 0 Å². The van der Waals surface area contributed by atoms with Gasteiger partial charge < -0.3 is 10.6 Å². The Morgan fingerprint density at radius 3 is 2.88 bits per heavy atom. The van der Waals surface area contributed by atoms with Crippen molar-refractivity contribution in [3.63, 3.8) is 0 Å². The molecule has 1 atom stereocenters. The Kier molecular flexibility index (Phi) is 2.97. The number of anilines is 1. The van der Waals surface area contributed by atoms with Crippen LogP contribution in [0.15, 0.2) is 6.20 Å². The van der Waals surface area contributed by atoms with Crippen molar-refractivity contribution in [2.45, 2.75) is 44.6 Å². The van der Waals surface area contributed by atoms with E-state index in [9.17, 15) is 0 Å². The van der Waals surface area contributed by atoms with E-state index in [2.05, 4.69) is 9.88 Å². The van der Waals surface area contributed by atoms with Crippen LogP contribution in [-0.2, 0) is 12.8 Å². The largest absolute Gasteiger partial charge is 0.341 e. The highest BCUT2D eigenvalue weighted by Crippen LogP contribution is 2.22. The van der Waals surface area contributed by atoms with Gasteiger partial charge in [0.05, 0.1) is 0 Å². The normalized spacial score (nSPS) is 24.5. The van der Waals surface area contributed by atoms with Gasteiger partial charge in [-0.15, -0.1) is 0 Å². The molecule has 0 spiro atoms. The number of piperidine rings is 1. The van der Waals surface area contributed by atoms with E-state index in [1.165, 1.54) is 30.5 Å². The molecule has 4 heteroatoms. The average molecular weight is 232 g/mol. The predicted octanol–water partition coefficient (Wildman–Crippen LogP) is 1.28. The zero-order chi connectivity index (χ0) is 11.7. The Hall–Kier alpha value is -1.16. The monoisotopic (exact) mass is 232 g/mol. The van der Waals surface area contributed by atoms with Crippen LogP contribution < -0.4 is 10.6 Å². The Labute approximate surface area is 102 Å². The molecule has 0 aromatic carbocycles. The Morgan fingerprint density at radius 2 is 2.06 bits per heavy atom. The lowest BCUT2D eigenvalue weighted by Gasteiger charge is -2.28. The van der Waals surface area contributed by atoms with Crippen LogP contribution in [0.2, 0.25) is 0 Å². The maximum Gasteiger partial charge on any atom is 0.225 e. The molecule has 2 N–H and O–H groups in total. The summed E-state index contributed by atoms with van der Waals surface area (Å²) in [6.45, 7) is 2.22. The highest BCUT2D eigenvalue weighted by molar-refractivity contribution is 5.35. The molecule has 3 rings (SSSR count). The zero-order valence-corrected chi connectivity index (χ0v) is 10.2. The second kappa shape index (κ2) is 4.61. The third kappa shape index (κ3) is 2.27. The van der Waals surface area contributed by atoms with E-state index in [1.54, 1.807) is 0 Å². The van der Waals surface area contributed by atoms with Gasteiger partial charge >= 0.3 is 0 Å². The molecular weight excluding hydrogens is 212 g/mol. The van der Waals surface area contributed by atoms with E-state index in [0.29, 0.717) is 6.04 Å². The quantitative estimate of drug-likeness (QED) is 0.792. The lowest BCUT2D eigenvalue weighted by atomic mass is 9.94. The van der Waals surface area contributed by atoms with Crippen LogP contribution in [0.4, 0.5) is 5.95 Å². The van der Waals surface area contributed by atoms with Crippen molar-refractivity contribution in [2.75, 3.05) is 18.0 Å². The first-order valence-corrected chi connectivity index (χ1v) is 6.68.